The van der Waals surface area contributed by atoms with Crippen LogP contribution < -0.4 is 9.54 Å². The molecule has 0 saturated heterocycles. The molecule has 0 atom stereocenters. The first-order valence-corrected chi connectivity index (χ1v) is 10.6. The molecule has 1 amide bonds. The highest BCUT2D eigenvalue weighted by Crippen LogP contribution is 2.28. The van der Waals surface area contributed by atoms with Gasteiger partial charge in [0, 0.05) is 19.2 Å². The minimum atomic E-state index is -0.249. The minimum absolute atomic E-state index is 0.0447. The lowest BCUT2D eigenvalue weighted by Crippen LogP contribution is -2.20. The number of ether oxygens (including phenoxy) is 2. The zero-order valence-corrected chi connectivity index (χ0v) is 18.5. The molecule has 0 N–H and O–H groups in total. The first-order valence-electron chi connectivity index (χ1n) is 9.79. The van der Waals surface area contributed by atoms with Crippen LogP contribution in [0.2, 0.25) is 0 Å². The number of hydrogen-bond donors (Lipinski definition) is 0. The highest BCUT2D eigenvalue weighted by Gasteiger charge is 2.15. The molecule has 0 saturated carbocycles. The Kier molecular flexibility index (Phi) is 6.55. The molecule has 1 aromatic heterocycles. The average molecular weight is 413 g/mol. The molecule has 5 nitrogen and oxygen atoms in total. The zero-order valence-electron chi connectivity index (χ0n) is 17.7. The number of carbonyl (C=O) groups excluding carboxylic acids is 1. The number of carbonyl (C=O) groups is 1. The van der Waals surface area contributed by atoms with Crippen molar-refractivity contribution in [2.24, 2.45) is 4.99 Å². The molecule has 3 aromatic rings. The maximum absolute atomic E-state index is 12.9. The Bertz CT molecular complexity index is 1060. The lowest BCUT2D eigenvalue weighted by atomic mass is 9.87. The lowest BCUT2D eigenvalue weighted by Gasteiger charge is -2.18. The Morgan fingerprint density at radius 3 is 2.48 bits per heavy atom. The minimum Gasteiger partial charge on any atom is -0.492 e. The van der Waals surface area contributed by atoms with Crippen LogP contribution in [0, 0.1) is 0 Å². The molecule has 1 heterocycles. The fraction of sp³-hybridized carbons (Fsp3) is 0.391. The number of benzene rings is 2. The van der Waals surface area contributed by atoms with Crippen LogP contribution in [-0.2, 0) is 16.7 Å². The number of thiazole rings is 1. The van der Waals surface area contributed by atoms with Crippen molar-refractivity contribution in [3.8, 4) is 5.75 Å². The van der Waals surface area contributed by atoms with Crippen LogP contribution >= 0.6 is 11.3 Å². The van der Waals surface area contributed by atoms with Gasteiger partial charge in [0.15, 0.2) is 4.80 Å². The van der Waals surface area contributed by atoms with Gasteiger partial charge >= 0.3 is 0 Å². The normalized spacial score (nSPS) is 12.5. The third kappa shape index (κ3) is 4.77. The van der Waals surface area contributed by atoms with E-state index < -0.39 is 0 Å². The van der Waals surface area contributed by atoms with Gasteiger partial charge in [0.1, 0.15) is 11.3 Å². The molecule has 0 bridgehead atoms. The third-order valence-electron chi connectivity index (χ3n) is 4.68. The van der Waals surface area contributed by atoms with Crippen molar-refractivity contribution in [1.29, 1.82) is 0 Å². The van der Waals surface area contributed by atoms with E-state index >= 15 is 0 Å². The van der Waals surface area contributed by atoms with Gasteiger partial charge in [0.2, 0.25) is 0 Å². The summed E-state index contributed by atoms with van der Waals surface area (Å²) in [5, 5.41) is 0. The number of nitrogens with zero attached hydrogens (tertiary/aromatic N) is 2. The number of methoxy groups -OCH3 is 1. The summed E-state index contributed by atoms with van der Waals surface area (Å²) in [7, 11) is 1.66. The van der Waals surface area contributed by atoms with E-state index in [1.165, 1.54) is 16.9 Å². The van der Waals surface area contributed by atoms with Crippen LogP contribution in [0.25, 0.3) is 10.2 Å². The summed E-state index contributed by atoms with van der Waals surface area (Å²) in [6, 6.07) is 13.6. The van der Waals surface area contributed by atoms with Gasteiger partial charge < -0.3 is 14.0 Å². The molecule has 0 aliphatic carbocycles. The van der Waals surface area contributed by atoms with E-state index in [0.717, 1.165) is 16.0 Å². The molecule has 0 unspecified atom stereocenters. The van der Waals surface area contributed by atoms with Gasteiger partial charge in [0.25, 0.3) is 5.91 Å². The van der Waals surface area contributed by atoms with E-state index in [1.807, 2.05) is 54.0 Å². The SMILES string of the molecule is CCOc1cccc2sc(=NC(=O)c3ccc(C(C)(C)C)cc3)n(CCOC)c12. The monoisotopic (exact) mass is 412 g/mol. The van der Waals surface area contributed by atoms with Gasteiger partial charge in [-0.25, -0.2) is 0 Å². The lowest BCUT2D eigenvalue weighted by molar-refractivity contribution is 0.0997. The van der Waals surface area contributed by atoms with Crippen molar-refractivity contribution >= 4 is 27.5 Å². The number of aromatic nitrogens is 1. The van der Waals surface area contributed by atoms with Crippen LogP contribution in [-0.4, -0.2) is 30.8 Å². The Balaban J connectivity index is 2.06. The van der Waals surface area contributed by atoms with Crippen molar-refractivity contribution in [2.45, 2.75) is 39.7 Å². The van der Waals surface area contributed by atoms with Gasteiger partial charge in [-0.1, -0.05) is 50.3 Å². The van der Waals surface area contributed by atoms with Crippen LogP contribution in [0.15, 0.2) is 47.5 Å². The topological polar surface area (TPSA) is 52.8 Å². The Labute approximate surface area is 175 Å². The molecule has 29 heavy (non-hydrogen) atoms. The van der Waals surface area contributed by atoms with E-state index in [-0.39, 0.29) is 11.3 Å². The highest BCUT2D eigenvalue weighted by atomic mass is 32.1. The van der Waals surface area contributed by atoms with Gasteiger partial charge in [0.05, 0.1) is 17.9 Å². The van der Waals surface area contributed by atoms with Crippen LogP contribution in [0.3, 0.4) is 0 Å². The van der Waals surface area contributed by atoms with E-state index in [1.54, 1.807) is 7.11 Å². The fourth-order valence-electron chi connectivity index (χ4n) is 3.11. The molecule has 2 aromatic carbocycles. The molecule has 0 spiro atoms. The molecule has 3 rings (SSSR count). The predicted octanol–water partition coefficient (Wildman–Crippen LogP) is 4.79. The van der Waals surface area contributed by atoms with Crippen LogP contribution in [0.1, 0.15) is 43.6 Å². The second kappa shape index (κ2) is 8.93. The van der Waals surface area contributed by atoms with Crippen molar-refractivity contribution in [2.75, 3.05) is 20.3 Å². The average Bonchev–Trinajstić information content (AvgIpc) is 3.04. The van der Waals surface area contributed by atoms with Crippen LogP contribution in [0.4, 0.5) is 0 Å². The summed E-state index contributed by atoms with van der Waals surface area (Å²) < 4.78 is 14.1. The third-order valence-corrected chi connectivity index (χ3v) is 5.72. The van der Waals surface area contributed by atoms with Crippen molar-refractivity contribution in [3.63, 3.8) is 0 Å². The maximum atomic E-state index is 12.9. The first-order chi connectivity index (χ1) is 13.8. The van der Waals surface area contributed by atoms with E-state index in [9.17, 15) is 4.79 Å². The smallest absolute Gasteiger partial charge is 0.279 e. The van der Waals surface area contributed by atoms with Gasteiger partial charge in [-0.05, 0) is 42.2 Å². The summed E-state index contributed by atoms with van der Waals surface area (Å²) in [6.45, 7) is 10.1. The summed E-state index contributed by atoms with van der Waals surface area (Å²) >= 11 is 1.48. The Hall–Kier alpha value is -2.44. The highest BCUT2D eigenvalue weighted by molar-refractivity contribution is 7.16. The van der Waals surface area contributed by atoms with Crippen molar-refractivity contribution < 1.29 is 14.3 Å². The largest absolute Gasteiger partial charge is 0.492 e. The number of amides is 1. The summed E-state index contributed by atoms with van der Waals surface area (Å²) in [5.74, 6) is 0.543. The summed E-state index contributed by atoms with van der Waals surface area (Å²) in [4.78, 5) is 17.9. The number of para-hydroxylation sites is 1. The standard InChI is InChI=1S/C23H28N2O3S/c1-6-28-18-8-7-9-19-20(18)25(14-15-27-5)22(29-19)24-21(26)16-10-12-17(13-11-16)23(2,3)4/h7-13H,6,14-15H2,1-5H3. The van der Waals surface area contributed by atoms with E-state index in [2.05, 4.69) is 25.8 Å². The number of fused-ring (bicyclic) bond motifs is 1. The molecule has 0 aliphatic rings. The van der Waals surface area contributed by atoms with Gasteiger partial charge in [-0.15, -0.1) is 0 Å². The first kappa shape index (κ1) is 21.3. The van der Waals surface area contributed by atoms with E-state index in [4.69, 9.17) is 9.47 Å². The molecular formula is C23H28N2O3S. The van der Waals surface area contributed by atoms with Gasteiger partial charge in [-0.2, -0.15) is 4.99 Å². The second-order valence-electron chi connectivity index (χ2n) is 7.81. The summed E-state index contributed by atoms with van der Waals surface area (Å²) in [6.07, 6.45) is 0. The molecule has 154 valence electrons. The van der Waals surface area contributed by atoms with E-state index in [0.29, 0.717) is 30.1 Å². The Morgan fingerprint density at radius 2 is 1.86 bits per heavy atom. The summed E-state index contributed by atoms with van der Waals surface area (Å²) in [5.41, 5.74) is 2.76. The Morgan fingerprint density at radius 1 is 1.14 bits per heavy atom. The molecule has 0 radical (unpaired) electrons. The van der Waals surface area contributed by atoms with Gasteiger partial charge in [-0.3, -0.25) is 4.79 Å². The molecule has 0 aliphatic heterocycles. The molecular weight excluding hydrogens is 384 g/mol. The second-order valence-corrected chi connectivity index (χ2v) is 8.82. The quantitative estimate of drug-likeness (QED) is 0.585. The fourth-order valence-corrected chi connectivity index (χ4v) is 4.18. The molecule has 0 fully saturated rings. The molecule has 6 heteroatoms. The number of hydrogen-bond acceptors (Lipinski definition) is 4. The predicted molar refractivity (Wildman–Crippen MR) is 118 cm³/mol. The zero-order chi connectivity index (χ0) is 21.0. The van der Waals surface area contributed by atoms with Crippen molar-refractivity contribution in [1.82, 2.24) is 4.57 Å². The maximum Gasteiger partial charge on any atom is 0.279 e. The number of rotatable bonds is 6. The van der Waals surface area contributed by atoms with Crippen LogP contribution in [0.5, 0.6) is 5.75 Å². The van der Waals surface area contributed by atoms with Crippen molar-refractivity contribution in [3.05, 3.63) is 58.4 Å².